The maximum atomic E-state index is 14.2. The molecule has 0 spiro atoms. The maximum Gasteiger partial charge on any atom is 0.209 e. The van der Waals surface area contributed by atoms with Crippen molar-refractivity contribution in [3.05, 3.63) is 51.0 Å². The van der Waals surface area contributed by atoms with Crippen LogP contribution in [-0.4, -0.2) is 74.7 Å². The van der Waals surface area contributed by atoms with Gasteiger partial charge in [0.2, 0.25) is 5.78 Å². The van der Waals surface area contributed by atoms with Crippen LogP contribution < -0.4 is 0 Å². The predicted octanol–water partition coefficient (Wildman–Crippen LogP) is 3.65. The molecule has 3 aliphatic carbocycles. The third-order valence-corrected chi connectivity index (χ3v) is 8.92. The van der Waals surface area contributed by atoms with Gasteiger partial charge in [-0.1, -0.05) is 33.8 Å². The molecule has 0 heterocycles. The zero-order valence-electron chi connectivity index (χ0n) is 24.3. The summed E-state index contributed by atoms with van der Waals surface area (Å²) in [5.74, 6) is -4.20. The first-order valence-electron chi connectivity index (χ1n) is 13.6. The molecule has 4 N–H and O–H groups in total. The lowest BCUT2D eigenvalue weighted by atomic mass is 9.48. The van der Waals surface area contributed by atoms with Crippen molar-refractivity contribution < 1.29 is 39.6 Å². The number of benzene rings is 1. The number of hydrogen-bond donors (Lipinski definition) is 4. The topological polar surface area (TPSA) is 152 Å². The zero-order chi connectivity index (χ0) is 30.1. The van der Waals surface area contributed by atoms with Crippen molar-refractivity contribution in [1.29, 1.82) is 0 Å². The van der Waals surface area contributed by atoms with Gasteiger partial charge in [-0.25, -0.2) is 0 Å². The van der Waals surface area contributed by atoms with E-state index in [2.05, 4.69) is 0 Å². The summed E-state index contributed by atoms with van der Waals surface area (Å²) in [6.07, 6.45) is 0.436. The fourth-order valence-electron chi connectivity index (χ4n) is 7.22. The average molecular weight is 554 g/mol. The van der Waals surface area contributed by atoms with E-state index in [4.69, 9.17) is 0 Å². The molecule has 0 aromatic heterocycles. The minimum Gasteiger partial charge on any atom is -0.511 e. The SMILES string of the molecule is CC(=O)C1=C(O)C[C@]2(C)C[C@]3(C)Cc4c(C(C)C)cc(CCC(=O)CN(C)C)c(O)c4C(=O)C3=C(O)[C@]2(O)C1=O. The van der Waals surface area contributed by atoms with Gasteiger partial charge in [-0.05, 0) is 62.9 Å². The Bertz CT molecular complexity index is 1420. The third-order valence-electron chi connectivity index (χ3n) is 8.92. The van der Waals surface area contributed by atoms with E-state index < -0.39 is 50.9 Å². The molecule has 9 nitrogen and oxygen atoms in total. The van der Waals surface area contributed by atoms with Crippen molar-refractivity contribution in [2.45, 2.75) is 78.2 Å². The summed E-state index contributed by atoms with van der Waals surface area (Å²) in [6, 6.07) is 1.84. The molecule has 40 heavy (non-hydrogen) atoms. The molecular weight excluding hydrogens is 514 g/mol. The highest BCUT2D eigenvalue weighted by Gasteiger charge is 2.67. The molecular formula is C31H39NO8. The summed E-state index contributed by atoms with van der Waals surface area (Å²) in [6.45, 7) is 8.60. The average Bonchev–Trinajstić information content (AvgIpc) is 2.79. The van der Waals surface area contributed by atoms with Crippen molar-refractivity contribution in [2.24, 2.45) is 10.8 Å². The lowest BCUT2D eigenvalue weighted by molar-refractivity contribution is -0.159. The minimum absolute atomic E-state index is 0.000857. The van der Waals surface area contributed by atoms with Gasteiger partial charge >= 0.3 is 0 Å². The highest BCUT2D eigenvalue weighted by molar-refractivity contribution is 6.25. The van der Waals surface area contributed by atoms with E-state index in [0.29, 0.717) is 11.1 Å². The molecule has 0 bridgehead atoms. The number of fused-ring (bicyclic) bond motifs is 3. The fraction of sp³-hybridized carbons (Fsp3) is 0.548. The van der Waals surface area contributed by atoms with Crippen LogP contribution in [0.15, 0.2) is 28.7 Å². The Morgan fingerprint density at radius 3 is 2.25 bits per heavy atom. The Labute approximate surface area is 234 Å². The summed E-state index contributed by atoms with van der Waals surface area (Å²) in [5.41, 5.74) is -3.91. The summed E-state index contributed by atoms with van der Waals surface area (Å²) in [5, 5.41) is 45.4. The van der Waals surface area contributed by atoms with E-state index in [-0.39, 0.29) is 67.2 Å². The number of hydrogen-bond acceptors (Lipinski definition) is 9. The summed E-state index contributed by atoms with van der Waals surface area (Å²) in [4.78, 5) is 54.0. The largest absolute Gasteiger partial charge is 0.511 e. The van der Waals surface area contributed by atoms with Crippen molar-refractivity contribution in [3.8, 4) is 5.75 Å². The third kappa shape index (κ3) is 4.21. The number of Topliss-reactive ketones (excluding diaryl/α,β-unsaturated/α-hetero) is 4. The number of aliphatic hydroxyl groups excluding tert-OH is 2. The second kappa shape index (κ2) is 9.66. The summed E-state index contributed by atoms with van der Waals surface area (Å²) in [7, 11) is 3.58. The molecule has 0 saturated carbocycles. The lowest BCUT2D eigenvalue weighted by Crippen LogP contribution is -2.63. The van der Waals surface area contributed by atoms with Crippen molar-refractivity contribution in [1.82, 2.24) is 4.90 Å². The molecule has 9 heteroatoms. The van der Waals surface area contributed by atoms with Crippen LogP contribution in [0, 0.1) is 10.8 Å². The predicted molar refractivity (Wildman–Crippen MR) is 148 cm³/mol. The number of aryl methyl sites for hydroxylation is 1. The Morgan fingerprint density at radius 2 is 1.70 bits per heavy atom. The number of phenols is 1. The Balaban J connectivity index is 1.91. The van der Waals surface area contributed by atoms with E-state index >= 15 is 0 Å². The molecule has 0 unspecified atom stereocenters. The molecule has 3 atom stereocenters. The van der Waals surface area contributed by atoms with E-state index in [9.17, 15) is 39.6 Å². The summed E-state index contributed by atoms with van der Waals surface area (Å²) < 4.78 is 0. The van der Waals surface area contributed by atoms with Crippen LogP contribution in [0.1, 0.15) is 86.8 Å². The number of allylic oxidation sites excluding steroid dienone is 2. The van der Waals surface area contributed by atoms with Crippen LogP contribution in [0.4, 0.5) is 0 Å². The van der Waals surface area contributed by atoms with Crippen LogP contribution in [0.2, 0.25) is 0 Å². The number of carbonyl (C=O) groups is 4. The molecule has 3 aliphatic rings. The van der Waals surface area contributed by atoms with E-state index in [1.54, 1.807) is 32.8 Å². The lowest BCUT2D eigenvalue weighted by Gasteiger charge is -2.56. The second-order valence-corrected chi connectivity index (χ2v) is 12.9. The van der Waals surface area contributed by atoms with Crippen molar-refractivity contribution in [2.75, 3.05) is 20.6 Å². The second-order valence-electron chi connectivity index (χ2n) is 12.9. The van der Waals surface area contributed by atoms with Crippen LogP contribution in [0.5, 0.6) is 5.75 Å². The molecule has 0 aliphatic heterocycles. The normalized spacial score (nSPS) is 28.1. The number of carbonyl (C=O) groups excluding carboxylic acids is 4. The fourth-order valence-corrected chi connectivity index (χ4v) is 7.22. The standard InChI is InChI=1S/C31H39NO8/c1-15(2)19-10-17(8-9-18(34)13-32(6)7)25(36)23-20(19)11-29(4)14-30(5)12-21(35)22(16(3)33)27(38)31(30,40)28(39)24(29)26(23)37/h10,15,35-36,39-40H,8-9,11-14H2,1-7H3/t29-,30+,31+/m0/s1. The number of ketones is 4. The van der Waals surface area contributed by atoms with Crippen LogP contribution in [0.25, 0.3) is 0 Å². The highest BCUT2D eigenvalue weighted by atomic mass is 16.3. The number of aromatic hydroxyl groups is 1. The maximum absolute atomic E-state index is 14.2. The Morgan fingerprint density at radius 1 is 1.07 bits per heavy atom. The first-order chi connectivity index (χ1) is 18.4. The van der Waals surface area contributed by atoms with Crippen LogP contribution >= 0.6 is 0 Å². The molecule has 1 aromatic rings. The number of nitrogens with zero attached hydrogens (tertiary/aromatic N) is 1. The first-order valence-corrected chi connectivity index (χ1v) is 13.6. The van der Waals surface area contributed by atoms with Crippen LogP contribution in [-0.2, 0) is 27.2 Å². The van der Waals surface area contributed by atoms with Crippen molar-refractivity contribution in [3.63, 3.8) is 0 Å². The monoisotopic (exact) mass is 553 g/mol. The molecule has 0 amide bonds. The smallest absolute Gasteiger partial charge is 0.209 e. The molecule has 216 valence electrons. The number of rotatable bonds is 7. The van der Waals surface area contributed by atoms with Gasteiger partial charge in [0.15, 0.2) is 17.2 Å². The van der Waals surface area contributed by atoms with Crippen LogP contribution in [0.3, 0.4) is 0 Å². The molecule has 0 fully saturated rings. The van der Waals surface area contributed by atoms with Gasteiger partial charge in [0.25, 0.3) is 0 Å². The Kier molecular flexibility index (Phi) is 7.17. The van der Waals surface area contributed by atoms with Gasteiger partial charge in [0.05, 0.1) is 12.1 Å². The number of likely N-dealkylation sites (N-methyl/N-ethyl adjacent to an activating group) is 1. The van der Waals surface area contributed by atoms with E-state index in [1.807, 2.05) is 19.9 Å². The van der Waals surface area contributed by atoms with E-state index in [0.717, 1.165) is 12.5 Å². The quantitative estimate of drug-likeness (QED) is 0.371. The van der Waals surface area contributed by atoms with Gasteiger partial charge in [-0.3, -0.25) is 19.2 Å². The first kappa shape index (κ1) is 29.7. The Hall–Kier alpha value is -3.30. The number of aliphatic hydroxyl groups is 3. The van der Waals surface area contributed by atoms with Gasteiger partial charge < -0.3 is 25.3 Å². The molecule has 0 radical (unpaired) electrons. The van der Waals surface area contributed by atoms with Gasteiger partial charge in [-0.2, -0.15) is 0 Å². The number of phenolic OH excluding ortho intramolecular Hbond substituents is 1. The molecule has 0 saturated heterocycles. The van der Waals surface area contributed by atoms with Gasteiger partial charge in [-0.15, -0.1) is 0 Å². The molecule has 1 aromatic carbocycles. The van der Waals surface area contributed by atoms with E-state index in [1.165, 1.54) is 0 Å². The zero-order valence-corrected chi connectivity index (χ0v) is 24.3. The minimum atomic E-state index is -2.60. The van der Waals surface area contributed by atoms with Gasteiger partial charge in [0.1, 0.15) is 28.6 Å². The van der Waals surface area contributed by atoms with Gasteiger partial charge in [0, 0.05) is 29.2 Å². The molecule has 4 rings (SSSR count). The van der Waals surface area contributed by atoms with Crippen molar-refractivity contribution >= 4 is 23.1 Å². The highest BCUT2D eigenvalue weighted by Crippen LogP contribution is 2.62. The summed E-state index contributed by atoms with van der Waals surface area (Å²) >= 11 is 0.